The Kier molecular flexibility index (Phi) is 5.25. The Morgan fingerprint density at radius 2 is 2.21 bits per heavy atom. The molecule has 0 radical (unpaired) electrons. The molecule has 1 amide bonds. The predicted molar refractivity (Wildman–Crippen MR) is 92.6 cm³/mol. The van der Waals surface area contributed by atoms with Gasteiger partial charge in [0.25, 0.3) is 5.91 Å². The molecule has 0 aliphatic carbocycles. The number of amides is 1. The standard InChI is InChI=1S/C18H25N5O/c1-13(2)17-20-9-15(10-21-17)12-23-7-5-14(11-23)8-22-18(24)16-4-3-6-19-16/h3-4,6,9-10,13-14,19H,5,7-8,11-12H2,1-2H3,(H,22,24)/t14-/m0/s1. The van der Waals surface area contributed by atoms with Crippen LogP contribution >= 0.6 is 0 Å². The van der Waals surface area contributed by atoms with Crippen molar-refractivity contribution in [2.45, 2.75) is 32.7 Å². The molecule has 2 N–H and O–H groups in total. The first kappa shape index (κ1) is 16.6. The summed E-state index contributed by atoms with van der Waals surface area (Å²) in [7, 11) is 0. The molecule has 0 bridgehead atoms. The van der Waals surface area contributed by atoms with Crippen molar-refractivity contribution in [3.63, 3.8) is 0 Å². The molecule has 3 heterocycles. The van der Waals surface area contributed by atoms with E-state index in [1.807, 2.05) is 18.5 Å². The number of hydrogen-bond acceptors (Lipinski definition) is 4. The predicted octanol–water partition coefficient (Wildman–Crippen LogP) is 2.18. The highest BCUT2D eigenvalue weighted by molar-refractivity contribution is 5.92. The summed E-state index contributed by atoms with van der Waals surface area (Å²) in [5, 5.41) is 3.01. The second kappa shape index (κ2) is 7.57. The van der Waals surface area contributed by atoms with E-state index >= 15 is 0 Å². The van der Waals surface area contributed by atoms with Crippen molar-refractivity contribution in [2.24, 2.45) is 5.92 Å². The maximum Gasteiger partial charge on any atom is 0.267 e. The molecule has 0 spiro atoms. The monoisotopic (exact) mass is 327 g/mol. The smallest absolute Gasteiger partial charge is 0.267 e. The Balaban J connectivity index is 1.44. The third kappa shape index (κ3) is 4.20. The molecule has 1 saturated heterocycles. The van der Waals surface area contributed by atoms with Crippen LogP contribution in [0.1, 0.15) is 48.1 Å². The van der Waals surface area contributed by atoms with E-state index < -0.39 is 0 Å². The minimum atomic E-state index is -0.0314. The molecule has 3 rings (SSSR count). The Morgan fingerprint density at radius 1 is 1.42 bits per heavy atom. The Bertz CT molecular complexity index is 651. The van der Waals surface area contributed by atoms with E-state index in [0.29, 0.717) is 17.5 Å². The van der Waals surface area contributed by atoms with E-state index in [1.54, 1.807) is 12.3 Å². The molecule has 2 aromatic heterocycles. The van der Waals surface area contributed by atoms with Crippen molar-refractivity contribution in [3.8, 4) is 0 Å². The molecule has 128 valence electrons. The molecule has 6 heteroatoms. The first-order valence-electron chi connectivity index (χ1n) is 8.56. The van der Waals surface area contributed by atoms with Gasteiger partial charge in [-0.1, -0.05) is 13.8 Å². The quantitative estimate of drug-likeness (QED) is 0.853. The van der Waals surface area contributed by atoms with Crippen LogP contribution in [-0.2, 0) is 6.54 Å². The van der Waals surface area contributed by atoms with Gasteiger partial charge in [-0.2, -0.15) is 0 Å². The number of carbonyl (C=O) groups is 1. The molecule has 2 aromatic rings. The summed E-state index contributed by atoms with van der Waals surface area (Å²) in [6.07, 6.45) is 6.74. The normalized spacial score (nSPS) is 18.2. The number of hydrogen-bond donors (Lipinski definition) is 2. The van der Waals surface area contributed by atoms with Crippen LogP contribution in [-0.4, -0.2) is 45.4 Å². The van der Waals surface area contributed by atoms with Crippen LogP contribution in [0.25, 0.3) is 0 Å². The SMILES string of the molecule is CC(C)c1ncc(CN2CC[C@@H](CNC(=O)c3ccc[nH]3)C2)cn1. The number of carbonyl (C=O) groups excluding carboxylic acids is 1. The second-order valence-corrected chi connectivity index (χ2v) is 6.79. The van der Waals surface area contributed by atoms with Crippen molar-refractivity contribution in [3.05, 3.63) is 47.8 Å². The van der Waals surface area contributed by atoms with Gasteiger partial charge in [0.2, 0.25) is 0 Å². The average molecular weight is 327 g/mol. The lowest BCUT2D eigenvalue weighted by atomic mass is 10.1. The molecule has 24 heavy (non-hydrogen) atoms. The van der Waals surface area contributed by atoms with E-state index in [1.165, 1.54) is 0 Å². The molecule has 0 saturated carbocycles. The van der Waals surface area contributed by atoms with Crippen LogP contribution in [0.3, 0.4) is 0 Å². The minimum Gasteiger partial charge on any atom is -0.357 e. The van der Waals surface area contributed by atoms with E-state index in [9.17, 15) is 4.79 Å². The third-order valence-electron chi connectivity index (χ3n) is 4.41. The number of nitrogens with one attached hydrogen (secondary N) is 2. The van der Waals surface area contributed by atoms with Crippen LogP contribution < -0.4 is 5.32 Å². The number of rotatable bonds is 6. The van der Waals surface area contributed by atoms with Crippen molar-refractivity contribution in [2.75, 3.05) is 19.6 Å². The van der Waals surface area contributed by atoms with Gasteiger partial charge < -0.3 is 10.3 Å². The number of nitrogens with zero attached hydrogens (tertiary/aromatic N) is 3. The zero-order valence-electron chi connectivity index (χ0n) is 14.3. The summed E-state index contributed by atoms with van der Waals surface area (Å²) in [6.45, 7) is 7.84. The average Bonchev–Trinajstić information content (AvgIpc) is 3.25. The highest BCUT2D eigenvalue weighted by Gasteiger charge is 2.23. The van der Waals surface area contributed by atoms with Gasteiger partial charge in [0.15, 0.2) is 0 Å². The Hall–Kier alpha value is -2.21. The molecule has 1 fully saturated rings. The molecular weight excluding hydrogens is 302 g/mol. The number of likely N-dealkylation sites (tertiary alicyclic amines) is 1. The lowest BCUT2D eigenvalue weighted by Crippen LogP contribution is -2.31. The fourth-order valence-corrected chi connectivity index (χ4v) is 3.03. The molecule has 0 aromatic carbocycles. The summed E-state index contributed by atoms with van der Waals surface area (Å²) in [5.74, 6) is 1.72. The molecule has 1 atom stereocenters. The van der Waals surface area contributed by atoms with Crippen LogP contribution in [0.5, 0.6) is 0 Å². The lowest BCUT2D eigenvalue weighted by molar-refractivity contribution is 0.0943. The van der Waals surface area contributed by atoms with Crippen LogP contribution in [0.15, 0.2) is 30.7 Å². The van der Waals surface area contributed by atoms with E-state index in [4.69, 9.17) is 0 Å². The van der Waals surface area contributed by atoms with Gasteiger partial charge in [-0.05, 0) is 31.0 Å². The maximum atomic E-state index is 11.9. The Labute approximate surface area is 142 Å². The maximum absolute atomic E-state index is 11.9. The zero-order chi connectivity index (χ0) is 16.9. The van der Waals surface area contributed by atoms with Gasteiger partial charge in [0.05, 0.1) is 0 Å². The van der Waals surface area contributed by atoms with Crippen LogP contribution in [0.2, 0.25) is 0 Å². The van der Waals surface area contributed by atoms with Gasteiger partial charge in [0, 0.05) is 49.7 Å². The Morgan fingerprint density at radius 3 is 2.88 bits per heavy atom. The van der Waals surface area contributed by atoms with Gasteiger partial charge in [-0.15, -0.1) is 0 Å². The largest absolute Gasteiger partial charge is 0.357 e. The topological polar surface area (TPSA) is 73.9 Å². The number of H-pyrrole nitrogens is 1. The summed E-state index contributed by atoms with van der Waals surface area (Å²) in [4.78, 5) is 26.1. The first-order chi connectivity index (χ1) is 11.6. The van der Waals surface area contributed by atoms with Crippen molar-refractivity contribution in [1.29, 1.82) is 0 Å². The van der Waals surface area contributed by atoms with Crippen molar-refractivity contribution < 1.29 is 4.79 Å². The molecule has 1 aliphatic rings. The van der Waals surface area contributed by atoms with Gasteiger partial charge >= 0.3 is 0 Å². The molecule has 0 unspecified atom stereocenters. The molecular formula is C18H25N5O. The van der Waals surface area contributed by atoms with Gasteiger partial charge in [0.1, 0.15) is 11.5 Å². The van der Waals surface area contributed by atoms with Gasteiger partial charge in [-0.25, -0.2) is 9.97 Å². The van der Waals surface area contributed by atoms with Crippen LogP contribution in [0, 0.1) is 5.92 Å². The second-order valence-electron chi connectivity index (χ2n) is 6.79. The summed E-state index contributed by atoms with van der Waals surface area (Å²) < 4.78 is 0. The number of aromatic amines is 1. The zero-order valence-corrected chi connectivity index (χ0v) is 14.3. The van der Waals surface area contributed by atoms with E-state index in [2.05, 4.69) is 39.0 Å². The lowest BCUT2D eigenvalue weighted by Gasteiger charge is -2.16. The van der Waals surface area contributed by atoms with Crippen molar-refractivity contribution in [1.82, 2.24) is 25.2 Å². The van der Waals surface area contributed by atoms with Crippen LogP contribution in [0.4, 0.5) is 0 Å². The summed E-state index contributed by atoms with van der Waals surface area (Å²) in [6, 6.07) is 3.62. The summed E-state index contributed by atoms with van der Waals surface area (Å²) >= 11 is 0. The third-order valence-corrected chi connectivity index (χ3v) is 4.41. The van der Waals surface area contributed by atoms with Gasteiger partial charge in [-0.3, -0.25) is 9.69 Å². The molecule has 6 nitrogen and oxygen atoms in total. The fourth-order valence-electron chi connectivity index (χ4n) is 3.03. The van der Waals surface area contributed by atoms with E-state index in [0.717, 1.165) is 44.0 Å². The summed E-state index contributed by atoms with van der Waals surface area (Å²) in [5.41, 5.74) is 1.77. The first-order valence-corrected chi connectivity index (χ1v) is 8.56. The highest BCUT2D eigenvalue weighted by atomic mass is 16.1. The number of aromatic nitrogens is 3. The van der Waals surface area contributed by atoms with E-state index in [-0.39, 0.29) is 5.91 Å². The minimum absolute atomic E-state index is 0.0314. The highest BCUT2D eigenvalue weighted by Crippen LogP contribution is 2.18. The molecule has 1 aliphatic heterocycles. The van der Waals surface area contributed by atoms with Crippen molar-refractivity contribution >= 4 is 5.91 Å². The fraction of sp³-hybridized carbons (Fsp3) is 0.500.